The summed E-state index contributed by atoms with van der Waals surface area (Å²) < 4.78 is 0. The number of amides is 1. The van der Waals surface area contributed by atoms with Gasteiger partial charge in [-0.15, -0.1) is 0 Å². The number of halogens is 1. The van der Waals surface area contributed by atoms with Crippen LogP contribution in [0.2, 0.25) is 5.15 Å². The molecule has 0 radical (unpaired) electrons. The Labute approximate surface area is 125 Å². The molecule has 6 nitrogen and oxygen atoms in total. The molecule has 0 spiro atoms. The van der Waals surface area contributed by atoms with Crippen molar-refractivity contribution in [3.8, 4) is 0 Å². The van der Waals surface area contributed by atoms with Crippen LogP contribution in [0.15, 0.2) is 36.5 Å². The third kappa shape index (κ3) is 3.55. The van der Waals surface area contributed by atoms with Gasteiger partial charge in [0.05, 0.1) is 4.92 Å². The maximum Gasteiger partial charge on any atom is 0.300 e. The summed E-state index contributed by atoms with van der Waals surface area (Å²) in [5.41, 5.74) is 1.11. The van der Waals surface area contributed by atoms with E-state index in [-0.39, 0.29) is 16.4 Å². The summed E-state index contributed by atoms with van der Waals surface area (Å²) in [6, 6.07) is 8.45. The second-order valence-corrected chi connectivity index (χ2v) is 4.68. The first-order valence-electron chi connectivity index (χ1n) is 6.21. The van der Waals surface area contributed by atoms with Gasteiger partial charge in [-0.3, -0.25) is 14.9 Å². The number of carbonyl (C=O) groups is 1. The third-order valence-corrected chi connectivity index (χ3v) is 3.09. The highest BCUT2D eigenvalue weighted by atomic mass is 35.5. The minimum atomic E-state index is -0.666. The van der Waals surface area contributed by atoms with Gasteiger partial charge in [0.1, 0.15) is 16.9 Å². The molecule has 21 heavy (non-hydrogen) atoms. The van der Waals surface area contributed by atoms with Gasteiger partial charge in [-0.05, 0) is 30.2 Å². The summed E-state index contributed by atoms with van der Waals surface area (Å²) in [6.07, 6.45) is 1.80. The van der Waals surface area contributed by atoms with Crippen LogP contribution in [0, 0.1) is 10.1 Å². The molecule has 108 valence electrons. The van der Waals surface area contributed by atoms with Crippen LogP contribution >= 0.6 is 11.6 Å². The highest BCUT2D eigenvalue weighted by molar-refractivity contribution is 6.30. The Balaban J connectivity index is 2.31. The van der Waals surface area contributed by atoms with Crippen molar-refractivity contribution in [3.05, 3.63) is 62.9 Å². The second kappa shape index (κ2) is 6.32. The van der Waals surface area contributed by atoms with E-state index < -0.39 is 10.8 Å². The monoisotopic (exact) mass is 305 g/mol. The van der Waals surface area contributed by atoms with Crippen LogP contribution in [-0.2, 0) is 6.42 Å². The minimum Gasteiger partial charge on any atom is -0.322 e. The summed E-state index contributed by atoms with van der Waals surface area (Å²) in [7, 11) is 0. The average molecular weight is 306 g/mol. The second-order valence-electron chi connectivity index (χ2n) is 4.29. The van der Waals surface area contributed by atoms with Gasteiger partial charge < -0.3 is 5.32 Å². The number of hydrogen-bond acceptors (Lipinski definition) is 4. The summed E-state index contributed by atoms with van der Waals surface area (Å²) in [5, 5.41) is 13.6. The topological polar surface area (TPSA) is 85.1 Å². The van der Waals surface area contributed by atoms with Gasteiger partial charge in [0.25, 0.3) is 11.6 Å². The fourth-order valence-electron chi connectivity index (χ4n) is 1.82. The Morgan fingerprint density at radius 2 is 2.19 bits per heavy atom. The number of pyridine rings is 1. The van der Waals surface area contributed by atoms with Crippen molar-refractivity contribution in [2.75, 3.05) is 5.32 Å². The molecule has 0 unspecified atom stereocenters. The number of nitrogens with zero attached hydrogens (tertiary/aromatic N) is 2. The molecule has 1 N–H and O–H groups in total. The van der Waals surface area contributed by atoms with Gasteiger partial charge in [-0.1, -0.05) is 30.7 Å². The third-order valence-electron chi connectivity index (χ3n) is 2.88. The predicted molar refractivity (Wildman–Crippen MR) is 79.7 cm³/mol. The first-order valence-corrected chi connectivity index (χ1v) is 6.59. The van der Waals surface area contributed by atoms with Crippen molar-refractivity contribution in [3.63, 3.8) is 0 Å². The molecule has 7 heteroatoms. The Kier molecular flexibility index (Phi) is 4.49. The average Bonchev–Trinajstić information content (AvgIpc) is 2.47. The number of carbonyl (C=O) groups excluding carboxylic acids is 1. The van der Waals surface area contributed by atoms with Crippen molar-refractivity contribution in [1.29, 1.82) is 0 Å². The Morgan fingerprint density at radius 1 is 1.43 bits per heavy atom. The standard InChI is InChI=1S/C14H12ClN3O3/c1-2-9-4-3-5-10(6-9)17-14(19)11-7-13(15)16-8-12(11)18(20)21/h3-8H,2H2,1H3,(H,17,19). The van der Waals surface area contributed by atoms with E-state index in [0.717, 1.165) is 18.2 Å². The largest absolute Gasteiger partial charge is 0.322 e. The highest BCUT2D eigenvalue weighted by Gasteiger charge is 2.21. The Hall–Kier alpha value is -2.47. The van der Waals surface area contributed by atoms with Gasteiger partial charge in [0, 0.05) is 5.69 Å². The van der Waals surface area contributed by atoms with Crippen LogP contribution in [0.4, 0.5) is 11.4 Å². The van der Waals surface area contributed by atoms with E-state index in [4.69, 9.17) is 11.6 Å². The lowest BCUT2D eigenvalue weighted by Gasteiger charge is -2.07. The van der Waals surface area contributed by atoms with Crippen molar-refractivity contribution in [2.45, 2.75) is 13.3 Å². The zero-order valence-corrected chi connectivity index (χ0v) is 11.9. The van der Waals surface area contributed by atoms with Gasteiger partial charge >= 0.3 is 0 Å². The molecule has 2 rings (SSSR count). The summed E-state index contributed by atoms with van der Waals surface area (Å²) in [5.74, 6) is -0.598. The first kappa shape index (κ1) is 14.9. The van der Waals surface area contributed by atoms with Gasteiger partial charge in [-0.25, -0.2) is 4.98 Å². The minimum absolute atomic E-state index is 0.0214. The fraction of sp³-hybridized carbons (Fsp3) is 0.143. The predicted octanol–water partition coefficient (Wildman–Crippen LogP) is 3.46. The lowest BCUT2D eigenvalue weighted by atomic mass is 10.1. The molecule has 0 aliphatic heterocycles. The van der Waals surface area contributed by atoms with Crippen LogP contribution in [-0.4, -0.2) is 15.8 Å². The maximum absolute atomic E-state index is 12.2. The highest BCUT2D eigenvalue weighted by Crippen LogP contribution is 2.22. The summed E-state index contributed by atoms with van der Waals surface area (Å²) in [6.45, 7) is 1.99. The van der Waals surface area contributed by atoms with Crippen molar-refractivity contribution >= 4 is 28.9 Å². The SMILES string of the molecule is CCc1cccc(NC(=O)c2cc(Cl)ncc2[N+](=O)[O-])c1. The van der Waals surface area contributed by atoms with Crippen molar-refractivity contribution in [1.82, 2.24) is 4.98 Å². The molecule has 0 aliphatic carbocycles. The molecule has 0 atom stereocenters. The van der Waals surface area contributed by atoms with Crippen LogP contribution in [0.1, 0.15) is 22.8 Å². The number of rotatable bonds is 4. The molecular formula is C14H12ClN3O3. The molecule has 1 heterocycles. The van der Waals surface area contributed by atoms with E-state index in [1.54, 1.807) is 6.07 Å². The van der Waals surface area contributed by atoms with Crippen LogP contribution in [0.25, 0.3) is 0 Å². The van der Waals surface area contributed by atoms with E-state index in [2.05, 4.69) is 10.3 Å². The lowest BCUT2D eigenvalue weighted by molar-refractivity contribution is -0.385. The van der Waals surface area contributed by atoms with Crippen molar-refractivity contribution in [2.24, 2.45) is 0 Å². The zero-order valence-electron chi connectivity index (χ0n) is 11.2. The quantitative estimate of drug-likeness (QED) is 0.532. The fourth-order valence-corrected chi connectivity index (χ4v) is 1.98. The number of nitro groups is 1. The van der Waals surface area contributed by atoms with Crippen LogP contribution < -0.4 is 5.32 Å². The van der Waals surface area contributed by atoms with E-state index in [1.807, 2.05) is 25.1 Å². The molecule has 1 amide bonds. The molecule has 0 saturated heterocycles. The molecule has 1 aromatic heterocycles. The van der Waals surface area contributed by atoms with Crippen LogP contribution in [0.5, 0.6) is 0 Å². The molecule has 0 saturated carbocycles. The number of hydrogen-bond donors (Lipinski definition) is 1. The molecule has 0 aliphatic rings. The number of benzene rings is 1. The first-order chi connectivity index (χ1) is 10.0. The Morgan fingerprint density at radius 3 is 2.86 bits per heavy atom. The summed E-state index contributed by atoms with van der Waals surface area (Å²) in [4.78, 5) is 26.1. The number of aromatic nitrogens is 1. The molecule has 0 bridgehead atoms. The summed E-state index contributed by atoms with van der Waals surface area (Å²) >= 11 is 5.70. The normalized spacial score (nSPS) is 10.2. The van der Waals surface area contributed by atoms with E-state index in [9.17, 15) is 14.9 Å². The van der Waals surface area contributed by atoms with Gasteiger partial charge in [0.2, 0.25) is 0 Å². The molecule has 1 aromatic carbocycles. The maximum atomic E-state index is 12.2. The van der Waals surface area contributed by atoms with Gasteiger partial charge in [-0.2, -0.15) is 0 Å². The van der Waals surface area contributed by atoms with E-state index in [0.29, 0.717) is 5.69 Å². The van der Waals surface area contributed by atoms with E-state index in [1.165, 1.54) is 6.07 Å². The van der Waals surface area contributed by atoms with Crippen molar-refractivity contribution < 1.29 is 9.72 Å². The van der Waals surface area contributed by atoms with Gasteiger partial charge in [0.15, 0.2) is 0 Å². The van der Waals surface area contributed by atoms with Crippen LogP contribution in [0.3, 0.4) is 0 Å². The zero-order chi connectivity index (χ0) is 15.4. The smallest absolute Gasteiger partial charge is 0.300 e. The number of anilines is 1. The van der Waals surface area contributed by atoms with E-state index >= 15 is 0 Å². The number of nitrogens with one attached hydrogen (secondary N) is 1. The molecule has 0 fully saturated rings. The molecular weight excluding hydrogens is 294 g/mol. The lowest BCUT2D eigenvalue weighted by Crippen LogP contribution is -2.14. The Bertz CT molecular complexity index is 704. The molecule has 2 aromatic rings. The number of aryl methyl sites for hydroxylation is 1.